The van der Waals surface area contributed by atoms with E-state index < -0.39 is 0 Å². The summed E-state index contributed by atoms with van der Waals surface area (Å²) in [7, 11) is 1.64. The Morgan fingerprint density at radius 2 is 1.85 bits per heavy atom. The molecule has 4 rings (SSSR count). The molecular formula is C19H17N5O2. The molecule has 0 spiro atoms. The van der Waals surface area contributed by atoms with Gasteiger partial charge in [-0.2, -0.15) is 0 Å². The van der Waals surface area contributed by atoms with Crippen molar-refractivity contribution in [3.8, 4) is 17.0 Å². The molecule has 7 heteroatoms. The quantitative estimate of drug-likeness (QED) is 0.516. The Morgan fingerprint density at radius 3 is 2.65 bits per heavy atom. The number of hydrogen-bond acceptors (Lipinski definition) is 5. The molecule has 2 aromatic heterocycles. The first-order chi connectivity index (χ1) is 12.7. The van der Waals surface area contributed by atoms with E-state index >= 15 is 0 Å². The van der Waals surface area contributed by atoms with Crippen molar-refractivity contribution in [3.05, 3.63) is 70.6 Å². The smallest absolute Gasteiger partial charge is 0.323 e. The molecule has 0 fully saturated rings. The summed E-state index contributed by atoms with van der Waals surface area (Å²) in [5.74, 6) is 1.43. The summed E-state index contributed by atoms with van der Waals surface area (Å²) in [6, 6.07) is 17.2. The second-order valence-electron chi connectivity index (χ2n) is 5.82. The molecule has 2 aromatic carbocycles. The maximum absolute atomic E-state index is 11.3. The summed E-state index contributed by atoms with van der Waals surface area (Å²) in [5.41, 5.74) is 4.05. The van der Waals surface area contributed by atoms with Gasteiger partial charge in [0.15, 0.2) is 0 Å². The lowest BCUT2D eigenvalue weighted by molar-refractivity contribution is 0.416. The number of imidazole rings is 1. The standard InChI is InChI=1S/C19H17N5O2/c1-26-17-5-3-2-4-13(17)14-8-9-18(24-23-14)20-11-12-6-7-15-16(10-12)22-19(25)21-15/h2-10H,11H2,1H3,(H,20,24)(H2,21,22,25). The van der Waals surface area contributed by atoms with Crippen molar-refractivity contribution in [3.63, 3.8) is 0 Å². The van der Waals surface area contributed by atoms with Crippen LogP contribution in [0.1, 0.15) is 5.56 Å². The summed E-state index contributed by atoms with van der Waals surface area (Å²) in [6.07, 6.45) is 0. The number of methoxy groups -OCH3 is 1. The number of aromatic nitrogens is 4. The predicted molar refractivity (Wildman–Crippen MR) is 100 cm³/mol. The van der Waals surface area contributed by atoms with Gasteiger partial charge >= 0.3 is 5.69 Å². The topological polar surface area (TPSA) is 95.7 Å². The molecule has 7 nitrogen and oxygen atoms in total. The highest BCUT2D eigenvalue weighted by atomic mass is 16.5. The first kappa shape index (κ1) is 15.9. The van der Waals surface area contributed by atoms with Crippen molar-refractivity contribution in [2.24, 2.45) is 0 Å². The van der Waals surface area contributed by atoms with Crippen LogP contribution in [0.25, 0.3) is 22.3 Å². The molecule has 0 aliphatic carbocycles. The van der Waals surface area contributed by atoms with Gasteiger partial charge in [-0.15, -0.1) is 10.2 Å². The van der Waals surface area contributed by atoms with E-state index in [-0.39, 0.29) is 5.69 Å². The average Bonchev–Trinajstić information content (AvgIpc) is 3.06. The molecule has 0 bridgehead atoms. The minimum atomic E-state index is -0.206. The van der Waals surface area contributed by atoms with Crippen molar-refractivity contribution in [2.45, 2.75) is 6.54 Å². The third-order valence-corrected chi connectivity index (χ3v) is 4.10. The predicted octanol–water partition coefficient (Wildman–Crippen LogP) is 2.93. The molecule has 0 saturated heterocycles. The molecule has 0 atom stereocenters. The van der Waals surface area contributed by atoms with Crippen molar-refractivity contribution in [1.82, 2.24) is 20.2 Å². The van der Waals surface area contributed by atoms with Gasteiger partial charge in [0.2, 0.25) is 0 Å². The zero-order valence-electron chi connectivity index (χ0n) is 14.1. The number of rotatable bonds is 5. The highest BCUT2D eigenvalue weighted by molar-refractivity contribution is 5.75. The first-order valence-corrected chi connectivity index (χ1v) is 8.15. The van der Waals surface area contributed by atoms with Crippen LogP contribution in [0.5, 0.6) is 5.75 Å². The van der Waals surface area contributed by atoms with Gasteiger partial charge < -0.3 is 20.0 Å². The minimum absolute atomic E-state index is 0.206. The minimum Gasteiger partial charge on any atom is -0.496 e. The van der Waals surface area contributed by atoms with E-state index in [9.17, 15) is 4.79 Å². The van der Waals surface area contributed by atoms with Crippen LogP contribution in [0.2, 0.25) is 0 Å². The Labute approximate surface area is 149 Å². The molecule has 0 aliphatic heterocycles. The summed E-state index contributed by atoms with van der Waals surface area (Å²) >= 11 is 0. The Kier molecular flexibility index (Phi) is 4.10. The number of hydrogen-bond donors (Lipinski definition) is 3. The van der Waals surface area contributed by atoms with E-state index in [1.54, 1.807) is 7.11 Å². The lowest BCUT2D eigenvalue weighted by atomic mass is 10.1. The van der Waals surface area contributed by atoms with Crippen LogP contribution in [0, 0.1) is 0 Å². The monoisotopic (exact) mass is 347 g/mol. The highest BCUT2D eigenvalue weighted by Crippen LogP contribution is 2.27. The van der Waals surface area contributed by atoms with E-state index in [1.807, 2.05) is 54.6 Å². The van der Waals surface area contributed by atoms with Gasteiger partial charge in [-0.1, -0.05) is 18.2 Å². The number of H-pyrrole nitrogens is 2. The van der Waals surface area contributed by atoms with Crippen LogP contribution in [-0.4, -0.2) is 27.3 Å². The van der Waals surface area contributed by atoms with Gasteiger partial charge in [0, 0.05) is 12.1 Å². The van der Waals surface area contributed by atoms with E-state index in [4.69, 9.17) is 4.74 Å². The molecule has 2 heterocycles. The number of nitrogens with one attached hydrogen (secondary N) is 3. The van der Waals surface area contributed by atoms with Crippen LogP contribution in [0.3, 0.4) is 0 Å². The Morgan fingerprint density at radius 1 is 1.00 bits per heavy atom. The Hall–Kier alpha value is -3.61. The second kappa shape index (κ2) is 6.72. The fourth-order valence-electron chi connectivity index (χ4n) is 2.81. The zero-order valence-corrected chi connectivity index (χ0v) is 14.1. The third kappa shape index (κ3) is 3.14. The Balaban J connectivity index is 1.49. The molecule has 0 radical (unpaired) electrons. The van der Waals surface area contributed by atoms with E-state index in [0.29, 0.717) is 12.4 Å². The van der Waals surface area contributed by atoms with E-state index in [1.165, 1.54) is 0 Å². The van der Waals surface area contributed by atoms with Gasteiger partial charge in [-0.25, -0.2) is 4.79 Å². The largest absolute Gasteiger partial charge is 0.496 e. The molecule has 0 amide bonds. The Bertz CT molecular complexity index is 1100. The first-order valence-electron chi connectivity index (χ1n) is 8.15. The third-order valence-electron chi connectivity index (χ3n) is 4.10. The van der Waals surface area contributed by atoms with Crippen molar-refractivity contribution in [1.29, 1.82) is 0 Å². The van der Waals surface area contributed by atoms with Gasteiger partial charge in [-0.05, 0) is 42.0 Å². The number of benzene rings is 2. The maximum Gasteiger partial charge on any atom is 0.323 e. The molecule has 0 aliphatic rings. The molecular weight excluding hydrogens is 330 g/mol. The zero-order chi connectivity index (χ0) is 17.9. The summed E-state index contributed by atoms with van der Waals surface area (Å²) in [4.78, 5) is 16.8. The van der Waals surface area contributed by atoms with Gasteiger partial charge in [0.1, 0.15) is 11.6 Å². The number of anilines is 1. The lowest BCUT2D eigenvalue weighted by Gasteiger charge is -2.08. The molecule has 26 heavy (non-hydrogen) atoms. The van der Waals surface area contributed by atoms with Crippen LogP contribution >= 0.6 is 0 Å². The molecule has 130 valence electrons. The summed E-state index contributed by atoms with van der Waals surface area (Å²) in [5, 5.41) is 11.7. The lowest BCUT2D eigenvalue weighted by Crippen LogP contribution is -2.03. The number of fused-ring (bicyclic) bond motifs is 1. The number of nitrogens with zero attached hydrogens (tertiary/aromatic N) is 2. The fourth-order valence-corrected chi connectivity index (χ4v) is 2.81. The molecule has 4 aromatic rings. The normalized spacial score (nSPS) is 10.8. The average molecular weight is 347 g/mol. The molecule has 3 N–H and O–H groups in total. The number of ether oxygens (including phenoxy) is 1. The summed E-state index contributed by atoms with van der Waals surface area (Å²) < 4.78 is 5.36. The molecule has 0 saturated carbocycles. The number of aromatic amines is 2. The molecule has 0 unspecified atom stereocenters. The van der Waals surface area contributed by atoms with Crippen molar-refractivity contribution < 1.29 is 4.74 Å². The van der Waals surface area contributed by atoms with E-state index in [2.05, 4.69) is 25.5 Å². The summed E-state index contributed by atoms with van der Waals surface area (Å²) in [6.45, 7) is 0.575. The van der Waals surface area contributed by atoms with Crippen molar-refractivity contribution >= 4 is 16.9 Å². The van der Waals surface area contributed by atoms with Crippen LogP contribution in [0.4, 0.5) is 5.82 Å². The van der Waals surface area contributed by atoms with Gasteiger partial charge in [0.05, 0.1) is 23.8 Å². The van der Waals surface area contributed by atoms with Crippen LogP contribution < -0.4 is 15.7 Å². The van der Waals surface area contributed by atoms with Crippen molar-refractivity contribution in [2.75, 3.05) is 12.4 Å². The fraction of sp³-hybridized carbons (Fsp3) is 0.105. The maximum atomic E-state index is 11.3. The van der Waals surface area contributed by atoms with E-state index in [0.717, 1.165) is 33.6 Å². The van der Waals surface area contributed by atoms with Crippen LogP contribution in [-0.2, 0) is 6.54 Å². The highest BCUT2D eigenvalue weighted by Gasteiger charge is 2.07. The van der Waals surface area contributed by atoms with Gasteiger partial charge in [-0.3, -0.25) is 0 Å². The second-order valence-corrected chi connectivity index (χ2v) is 5.82. The van der Waals surface area contributed by atoms with Gasteiger partial charge in [0.25, 0.3) is 0 Å². The van der Waals surface area contributed by atoms with Crippen LogP contribution in [0.15, 0.2) is 59.4 Å². The SMILES string of the molecule is COc1ccccc1-c1ccc(NCc2ccc3[nH]c(=O)[nH]c3c2)nn1. The number of para-hydroxylation sites is 1.